The Labute approximate surface area is 209 Å². The molecule has 2 unspecified atom stereocenters. The number of aryl methyl sites for hydroxylation is 1. The largest absolute Gasteiger partial charge is 0.491 e. The van der Waals surface area contributed by atoms with Crippen LogP contribution < -0.4 is 10.1 Å². The molecular formula is C29H39N3O3. The van der Waals surface area contributed by atoms with E-state index in [1.165, 1.54) is 13.5 Å². The summed E-state index contributed by atoms with van der Waals surface area (Å²) >= 11 is 0. The van der Waals surface area contributed by atoms with Crippen LogP contribution in [0.1, 0.15) is 71.9 Å². The van der Waals surface area contributed by atoms with E-state index in [0.717, 1.165) is 46.8 Å². The number of esters is 1. The number of anilines is 2. The van der Waals surface area contributed by atoms with Gasteiger partial charge in [0, 0.05) is 18.2 Å². The second-order valence-corrected chi connectivity index (χ2v) is 11.1. The first kappa shape index (κ1) is 25.1. The van der Waals surface area contributed by atoms with Crippen LogP contribution in [-0.2, 0) is 16.0 Å². The van der Waals surface area contributed by atoms with Crippen molar-refractivity contribution in [1.82, 2.24) is 9.55 Å². The molecule has 3 aromatic rings. The van der Waals surface area contributed by atoms with Gasteiger partial charge in [0.05, 0.1) is 24.2 Å². The number of rotatable bonds is 8. The number of methoxy groups -OCH3 is 1. The van der Waals surface area contributed by atoms with E-state index in [1.807, 2.05) is 38.1 Å². The molecule has 0 aliphatic heterocycles. The minimum absolute atomic E-state index is 0.142. The van der Waals surface area contributed by atoms with Crippen molar-refractivity contribution in [2.24, 2.45) is 11.3 Å². The van der Waals surface area contributed by atoms with Crippen LogP contribution in [-0.4, -0.2) is 28.7 Å². The number of carbonyl (C=O) groups is 1. The SMILES string of the molecule is COC(=O)CCc1ccc2c(c1)nc(Nc1ccc(OC(C)C)cc1)n2C1CC(C)CC(C)(C)C1. The van der Waals surface area contributed by atoms with Crippen molar-refractivity contribution in [2.75, 3.05) is 12.4 Å². The van der Waals surface area contributed by atoms with E-state index in [4.69, 9.17) is 14.5 Å². The molecule has 6 nitrogen and oxygen atoms in total. The third-order valence-corrected chi connectivity index (χ3v) is 6.81. The predicted molar refractivity (Wildman–Crippen MR) is 141 cm³/mol. The maximum atomic E-state index is 11.6. The molecular weight excluding hydrogens is 438 g/mol. The molecule has 4 rings (SSSR count). The summed E-state index contributed by atoms with van der Waals surface area (Å²) in [7, 11) is 1.43. The quantitative estimate of drug-likeness (QED) is 0.352. The molecule has 1 saturated carbocycles. The van der Waals surface area contributed by atoms with Gasteiger partial charge < -0.3 is 19.4 Å². The average molecular weight is 478 g/mol. The van der Waals surface area contributed by atoms with Crippen molar-refractivity contribution < 1.29 is 14.3 Å². The van der Waals surface area contributed by atoms with E-state index in [0.29, 0.717) is 24.8 Å². The normalized spacial score (nSPS) is 19.6. The first-order valence-corrected chi connectivity index (χ1v) is 12.7. The standard InChI is InChI=1S/C29H39N3O3/c1-19(2)35-24-11-9-22(10-12-24)30-28-31-25-16-21(8-14-27(33)34-6)7-13-26(25)32(28)23-15-20(3)17-29(4,5)18-23/h7,9-13,16,19-20,23H,8,14-15,17-18H2,1-6H3,(H,30,31). The summed E-state index contributed by atoms with van der Waals surface area (Å²) in [5, 5.41) is 3.58. The molecule has 2 atom stereocenters. The number of nitrogens with one attached hydrogen (secondary N) is 1. The summed E-state index contributed by atoms with van der Waals surface area (Å²) in [6.45, 7) is 11.2. The molecule has 1 fully saturated rings. The fourth-order valence-electron chi connectivity index (χ4n) is 5.62. The third-order valence-electron chi connectivity index (χ3n) is 6.81. The fraction of sp³-hybridized carbons (Fsp3) is 0.517. The van der Waals surface area contributed by atoms with Gasteiger partial charge in [0.25, 0.3) is 0 Å². The van der Waals surface area contributed by atoms with Crippen molar-refractivity contribution in [3.8, 4) is 5.75 Å². The highest BCUT2D eigenvalue weighted by molar-refractivity contribution is 5.81. The summed E-state index contributed by atoms with van der Waals surface area (Å²) < 4.78 is 13.0. The van der Waals surface area contributed by atoms with E-state index in [-0.39, 0.29) is 17.5 Å². The van der Waals surface area contributed by atoms with Gasteiger partial charge >= 0.3 is 5.97 Å². The molecule has 2 aromatic carbocycles. The summed E-state index contributed by atoms with van der Waals surface area (Å²) in [6, 6.07) is 14.8. The summed E-state index contributed by atoms with van der Waals surface area (Å²) in [5.41, 5.74) is 4.43. The zero-order chi connectivity index (χ0) is 25.2. The lowest BCUT2D eigenvalue weighted by Gasteiger charge is -2.40. The molecule has 1 N–H and O–H groups in total. The highest BCUT2D eigenvalue weighted by Crippen LogP contribution is 2.46. The summed E-state index contributed by atoms with van der Waals surface area (Å²) in [4.78, 5) is 16.7. The zero-order valence-corrected chi connectivity index (χ0v) is 21.9. The van der Waals surface area contributed by atoms with Crippen LogP contribution in [0.5, 0.6) is 5.75 Å². The van der Waals surface area contributed by atoms with Crippen LogP contribution in [0.15, 0.2) is 42.5 Å². The number of carbonyl (C=O) groups excluding carboxylic acids is 1. The predicted octanol–water partition coefficient (Wildman–Crippen LogP) is 7.06. The number of ether oxygens (including phenoxy) is 2. The Morgan fingerprint density at radius 2 is 1.91 bits per heavy atom. The molecule has 35 heavy (non-hydrogen) atoms. The minimum atomic E-state index is -0.193. The first-order valence-electron chi connectivity index (χ1n) is 12.7. The molecule has 1 aliphatic rings. The zero-order valence-electron chi connectivity index (χ0n) is 21.9. The van der Waals surface area contributed by atoms with Crippen LogP contribution >= 0.6 is 0 Å². The molecule has 1 aromatic heterocycles. The summed E-state index contributed by atoms with van der Waals surface area (Å²) in [6.07, 6.45) is 4.64. The molecule has 0 bridgehead atoms. The number of fused-ring (bicyclic) bond motifs is 1. The maximum Gasteiger partial charge on any atom is 0.305 e. The van der Waals surface area contributed by atoms with E-state index in [2.05, 4.69) is 48.9 Å². The van der Waals surface area contributed by atoms with Gasteiger partial charge in [-0.1, -0.05) is 26.8 Å². The van der Waals surface area contributed by atoms with Crippen molar-refractivity contribution in [3.05, 3.63) is 48.0 Å². The molecule has 0 radical (unpaired) electrons. The van der Waals surface area contributed by atoms with Crippen LogP contribution in [0.3, 0.4) is 0 Å². The van der Waals surface area contributed by atoms with Gasteiger partial charge in [0.2, 0.25) is 5.95 Å². The number of aromatic nitrogens is 2. The third kappa shape index (κ3) is 6.16. The smallest absolute Gasteiger partial charge is 0.305 e. The van der Waals surface area contributed by atoms with Crippen LogP contribution in [0.25, 0.3) is 11.0 Å². The maximum absolute atomic E-state index is 11.6. The average Bonchev–Trinajstić information content (AvgIpc) is 3.14. The molecule has 0 spiro atoms. The Morgan fingerprint density at radius 3 is 2.57 bits per heavy atom. The van der Waals surface area contributed by atoms with Crippen molar-refractivity contribution >= 4 is 28.6 Å². The number of imidazole rings is 1. The van der Waals surface area contributed by atoms with Gasteiger partial charge in [-0.2, -0.15) is 0 Å². The van der Waals surface area contributed by atoms with Gasteiger partial charge in [-0.3, -0.25) is 4.79 Å². The van der Waals surface area contributed by atoms with Crippen molar-refractivity contribution in [2.45, 2.75) is 78.9 Å². The van der Waals surface area contributed by atoms with Gasteiger partial charge in [0.15, 0.2) is 0 Å². The van der Waals surface area contributed by atoms with Crippen LogP contribution in [0, 0.1) is 11.3 Å². The molecule has 188 valence electrons. The Kier molecular flexibility index (Phi) is 7.39. The number of nitrogens with zero attached hydrogens (tertiary/aromatic N) is 2. The highest BCUT2D eigenvalue weighted by Gasteiger charge is 2.34. The molecule has 0 saturated heterocycles. The first-order chi connectivity index (χ1) is 16.6. The van der Waals surface area contributed by atoms with Crippen molar-refractivity contribution in [3.63, 3.8) is 0 Å². The molecule has 1 heterocycles. The van der Waals surface area contributed by atoms with E-state index < -0.39 is 0 Å². The van der Waals surface area contributed by atoms with E-state index in [9.17, 15) is 4.79 Å². The molecule has 6 heteroatoms. The Bertz CT molecular complexity index is 1160. The Balaban J connectivity index is 1.69. The fourth-order valence-corrected chi connectivity index (χ4v) is 5.62. The van der Waals surface area contributed by atoms with Crippen LogP contribution in [0.4, 0.5) is 11.6 Å². The van der Waals surface area contributed by atoms with Crippen LogP contribution in [0.2, 0.25) is 0 Å². The topological polar surface area (TPSA) is 65.4 Å². The lowest BCUT2D eigenvalue weighted by molar-refractivity contribution is -0.140. The van der Waals surface area contributed by atoms with Gasteiger partial charge in [-0.15, -0.1) is 0 Å². The molecule has 1 aliphatic carbocycles. The second kappa shape index (κ2) is 10.3. The van der Waals surface area contributed by atoms with Gasteiger partial charge in [-0.25, -0.2) is 4.98 Å². The Hall–Kier alpha value is -3.02. The highest BCUT2D eigenvalue weighted by atomic mass is 16.5. The van der Waals surface area contributed by atoms with E-state index >= 15 is 0 Å². The lowest BCUT2D eigenvalue weighted by atomic mass is 9.70. The van der Waals surface area contributed by atoms with Gasteiger partial charge in [0.1, 0.15) is 5.75 Å². The lowest BCUT2D eigenvalue weighted by Crippen LogP contribution is -2.29. The van der Waals surface area contributed by atoms with E-state index in [1.54, 1.807) is 0 Å². The van der Waals surface area contributed by atoms with Crippen molar-refractivity contribution in [1.29, 1.82) is 0 Å². The minimum Gasteiger partial charge on any atom is -0.491 e. The molecule has 0 amide bonds. The summed E-state index contributed by atoms with van der Waals surface area (Å²) in [5.74, 6) is 2.18. The second-order valence-electron chi connectivity index (χ2n) is 11.1. The number of benzene rings is 2. The van der Waals surface area contributed by atoms with Gasteiger partial charge in [-0.05, 0) is 92.8 Å². The number of hydrogen-bond acceptors (Lipinski definition) is 5. The Morgan fingerprint density at radius 1 is 1.17 bits per heavy atom. The monoisotopic (exact) mass is 477 g/mol. The number of hydrogen-bond donors (Lipinski definition) is 1.